The van der Waals surface area contributed by atoms with Gasteiger partial charge in [0.1, 0.15) is 0 Å². The van der Waals surface area contributed by atoms with Crippen molar-refractivity contribution in [2.24, 2.45) is 0 Å². The molecule has 0 radical (unpaired) electrons. The van der Waals surface area contributed by atoms with E-state index in [1.807, 2.05) is 5.38 Å². The molecule has 0 spiro atoms. The van der Waals surface area contributed by atoms with Crippen molar-refractivity contribution in [2.75, 3.05) is 4.90 Å². The van der Waals surface area contributed by atoms with E-state index in [0.717, 1.165) is 38.2 Å². The molecule has 0 N–H and O–H groups in total. The zero-order valence-electron chi connectivity index (χ0n) is 16.6. The number of aromatic nitrogens is 1. The summed E-state index contributed by atoms with van der Waals surface area (Å²) in [6, 6.07) is 6.12. The molecule has 0 bridgehead atoms. The first-order valence-corrected chi connectivity index (χ1v) is 10.7. The van der Waals surface area contributed by atoms with Gasteiger partial charge >= 0.3 is 5.97 Å². The second-order valence-electron chi connectivity index (χ2n) is 7.04. The number of benzene rings is 1. The number of hydrogen-bond donors (Lipinski definition) is 0. The first-order valence-electron chi connectivity index (χ1n) is 9.82. The van der Waals surface area contributed by atoms with Crippen LogP contribution in [0.2, 0.25) is 0 Å². The first kappa shape index (κ1) is 21.6. The summed E-state index contributed by atoms with van der Waals surface area (Å²) >= 11 is 1.38. The van der Waals surface area contributed by atoms with E-state index in [1.54, 1.807) is 23.2 Å². The van der Waals surface area contributed by atoms with Gasteiger partial charge < -0.3 is 4.74 Å². The van der Waals surface area contributed by atoms with Gasteiger partial charge in [-0.1, -0.05) is 31.4 Å². The lowest BCUT2D eigenvalue weighted by Crippen LogP contribution is -2.47. The van der Waals surface area contributed by atoms with Crippen LogP contribution >= 0.6 is 11.3 Å². The number of amides is 1. The second-order valence-corrected chi connectivity index (χ2v) is 7.92. The minimum atomic E-state index is -1.00. The van der Waals surface area contributed by atoms with E-state index in [-0.39, 0.29) is 23.2 Å². The number of para-hydroxylation sites is 1. The number of nitrogens with zero attached hydrogens (tertiary/aromatic N) is 3. The third kappa shape index (κ3) is 5.29. The van der Waals surface area contributed by atoms with Gasteiger partial charge in [0.25, 0.3) is 11.6 Å². The van der Waals surface area contributed by atoms with Crippen molar-refractivity contribution in [1.82, 2.24) is 4.98 Å². The van der Waals surface area contributed by atoms with E-state index in [2.05, 4.69) is 4.98 Å². The number of carbonyl (C=O) groups is 2. The summed E-state index contributed by atoms with van der Waals surface area (Å²) < 4.78 is 5.29. The number of hydrogen-bond acceptors (Lipinski definition) is 7. The Labute approximate surface area is 178 Å². The Morgan fingerprint density at radius 1 is 1.30 bits per heavy atom. The zero-order valence-corrected chi connectivity index (χ0v) is 17.4. The fraction of sp³-hybridized carbons (Fsp3) is 0.381. The summed E-state index contributed by atoms with van der Waals surface area (Å²) in [5.41, 5.74) is 0.169. The molecule has 1 aromatic heterocycles. The third-order valence-electron chi connectivity index (χ3n) is 4.98. The molecule has 1 atom stereocenters. The number of ether oxygens (including phenoxy) is 1. The Kier molecular flexibility index (Phi) is 7.29. The molecule has 0 aliphatic heterocycles. The van der Waals surface area contributed by atoms with E-state index in [4.69, 9.17) is 4.74 Å². The third-order valence-corrected chi connectivity index (χ3v) is 5.75. The molecule has 158 valence electrons. The molecule has 9 heteroatoms. The fourth-order valence-electron chi connectivity index (χ4n) is 3.52. The molecule has 8 nitrogen and oxygen atoms in total. The van der Waals surface area contributed by atoms with Gasteiger partial charge in [-0.15, -0.1) is 11.3 Å². The Hall–Kier alpha value is -3.07. The van der Waals surface area contributed by atoms with Crippen LogP contribution in [0.3, 0.4) is 0 Å². The maximum absolute atomic E-state index is 13.1. The number of carbonyl (C=O) groups excluding carboxylic acids is 2. The quantitative estimate of drug-likeness (QED) is 0.280. The SMILES string of the molecule is CC(OC(=O)C=Cc1ccccc1[N+](=O)[O-])C(=O)N(c1nccs1)C1CCCCC1. The van der Waals surface area contributed by atoms with Gasteiger partial charge in [0.05, 0.1) is 10.5 Å². The number of anilines is 1. The summed E-state index contributed by atoms with van der Waals surface area (Å²) in [5.74, 6) is -1.05. The highest BCUT2D eigenvalue weighted by atomic mass is 32.1. The topological polar surface area (TPSA) is 103 Å². The highest BCUT2D eigenvalue weighted by Gasteiger charge is 2.32. The summed E-state index contributed by atoms with van der Waals surface area (Å²) in [4.78, 5) is 41.8. The molecular formula is C21H23N3O5S. The lowest BCUT2D eigenvalue weighted by Gasteiger charge is -2.33. The van der Waals surface area contributed by atoms with Crippen LogP contribution in [0, 0.1) is 10.1 Å². The largest absolute Gasteiger partial charge is 0.449 e. The van der Waals surface area contributed by atoms with Gasteiger partial charge in [0, 0.05) is 29.8 Å². The van der Waals surface area contributed by atoms with Gasteiger partial charge in [-0.25, -0.2) is 9.78 Å². The van der Waals surface area contributed by atoms with Crippen LogP contribution in [0.25, 0.3) is 6.08 Å². The van der Waals surface area contributed by atoms with Crippen molar-refractivity contribution >= 4 is 40.1 Å². The van der Waals surface area contributed by atoms with Crippen LogP contribution in [0.15, 0.2) is 41.9 Å². The van der Waals surface area contributed by atoms with Gasteiger partial charge in [-0.2, -0.15) is 0 Å². The Balaban J connectivity index is 1.69. The number of nitro groups is 1. The molecule has 1 aliphatic rings. The average Bonchev–Trinajstić information content (AvgIpc) is 3.27. The van der Waals surface area contributed by atoms with E-state index < -0.39 is 17.0 Å². The molecule has 1 heterocycles. The van der Waals surface area contributed by atoms with E-state index in [9.17, 15) is 19.7 Å². The lowest BCUT2D eigenvalue weighted by molar-refractivity contribution is -0.385. The Bertz CT molecular complexity index is 922. The highest BCUT2D eigenvalue weighted by molar-refractivity contribution is 7.13. The predicted octanol–water partition coefficient (Wildman–Crippen LogP) is 4.36. The Morgan fingerprint density at radius 3 is 2.70 bits per heavy atom. The molecule has 1 unspecified atom stereocenters. The molecule has 3 rings (SSSR count). The van der Waals surface area contributed by atoms with Crippen LogP contribution in [-0.4, -0.2) is 33.9 Å². The Morgan fingerprint density at radius 2 is 2.03 bits per heavy atom. The standard InChI is InChI=1S/C21H23N3O5S/c1-15(29-19(25)12-11-16-7-5-6-10-18(16)24(27)28)20(26)23(21-22-13-14-30-21)17-8-3-2-4-9-17/h5-7,10-15,17H,2-4,8-9H2,1H3. The van der Waals surface area contributed by atoms with E-state index in [1.165, 1.54) is 36.5 Å². The molecule has 1 aliphatic carbocycles. The van der Waals surface area contributed by atoms with Crippen molar-refractivity contribution in [1.29, 1.82) is 0 Å². The van der Waals surface area contributed by atoms with E-state index in [0.29, 0.717) is 5.13 Å². The normalized spacial score (nSPS) is 15.6. The molecule has 30 heavy (non-hydrogen) atoms. The van der Waals surface area contributed by atoms with Crippen molar-refractivity contribution in [3.8, 4) is 0 Å². The van der Waals surface area contributed by atoms with Gasteiger partial charge in [0.2, 0.25) is 0 Å². The maximum atomic E-state index is 13.1. The zero-order chi connectivity index (χ0) is 21.5. The predicted molar refractivity (Wildman–Crippen MR) is 114 cm³/mol. The van der Waals surface area contributed by atoms with E-state index >= 15 is 0 Å². The number of thiazole rings is 1. The van der Waals surface area contributed by atoms with Crippen molar-refractivity contribution in [3.63, 3.8) is 0 Å². The maximum Gasteiger partial charge on any atom is 0.331 e. The smallest absolute Gasteiger partial charge is 0.331 e. The average molecular weight is 429 g/mol. The molecule has 1 amide bonds. The van der Waals surface area contributed by atoms with Crippen LogP contribution in [0.4, 0.5) is 10.8 Å². The summed E-state index contributed by atoms with van der Waals surface area (Å²) in [6.07, 6.45) is 8.09. The molecular weight excluding hydrogens is 406 g/mol. The van der Waals surface area contributed by atoms with Gasteiger partial charge in [0.15, 0.2) is 11.2 Å². The van der Waals surface area contributed by atoms with Gasteiger partial charge in [-0.05, 0) is 31.9 Å². The molecule has 1 fully saturated rings. The monoisotopic (exact) mass is 429 g/mol. The minimum Gasteiger partial charge on any atom is -0.449 e. The van der Waals surface area contributed by atoms with Crippen LogP contribution in [0.1, 0.15) is 44.6 Å². The van der Waals surface area contributed by atoms with Crippen molar-refractivity contribution in [3.05, 3.63) is 57.6 Å². The summed E-state index contributed by atoms with van der Waals surface area (Å²) in [7, 11) is 0. The first-order chi connectivity index (χ1) is 14.5. The summed E-state index contributed by atoms with van der Waals surface area (Å²) in [6.45, 7) is 1.53. The fourth-order valence-corrected chi connectivity index (χ4v) is 4.23. The minimum absolute atomic E-state index is 0.0427. The molecule has 0 saturated heterocycles. The van der Waals surface area contributed by atoms with Crippen molar-refractivity contribution in [2.45, 2.75) is 51.2 Å². The molecule has 2 aromatic rings. The molecule has 1 aromatic carbocycles. The van der Waals surface area contributed by atoms with Crippen LogP contribution < -0.4 is 4.90 Å². The number of esters is 1. The molecule has 1 saturated carbocycles. The second kappa shape index (κ2) is 10.1. The van der Waals surface area contributed by atoms with Crippen LogP contribution in [0.5, 0.6) is 0 Å². The highest BCUT2D eigenvalue weighted by Crippen LogP contribution is 2.29. The lowest BCUT2D eigenvalue weighted by atomic mass is 9.94. The van der Waals surface area contributed by atoms with Crippen molar-refractivity contribution < 1.29 is 19.2 Å². The summed E-state index contributed by atoms with van der Waals surface area (Å²) in [5, 5.41) is 13.5. The van der Waals surface area contributed by atoms with Gasteiger partial charge in [-0.3, -0.25) is 19.8 Å². The number of nitro benzene ring substituents is 1. The van der Waals surface area contributed by atoms with Crippen LogP contribution in [-0.2, 0) is 14.3 Å². The number of rotatable bonds is 7.